The molecule has 0 unspecified atom stereocenters. The Bertz CT molecular complexity index is 4070. The molecule has 94 heavy (non-hydrogen) atoms. The number of rotatable bonds is 19. The molecular formula is C66H67F8N17O3. The molecule has 10 aromatic rings. The quantitative estimate of drug-likeness (QED) is 0.0569. The SMILES string of the molecule is C.C.CN(C)Cc1ccc(N2CCN(c3ccc(-c4ccc(C(F)(F)[C@](O)(Cn5cnnn5)c5ccc(F)cc5F)nc4)cc3)CC2)cn1.O=Cc1ccc(N2CCN(c3ccc(-c4ccc(C(F)(F)[C@](O)(Cn5cnnn5)c5ccc(F)cc5F)nc4)cc3)CC2)cn1. The van der Waals surface area contributed by atoms with Crippen LogP contribution in [0.15, 0.2) is 171 Å². The third-order valence-corrected chi connectivity index (χ3v) is 16.1. The van der Waals surface area contributed by atoms with E-state index < -0.39 is 81.9 Å². The molecule has 490 valence electrons. The second-order valence-electron chi connectivity index (χ2n) is 22.3. The molecule has 2 N–H and O–H groups in total. The molecule has 0 aliphatic carbocycles. The Hall–Kier alpha value is -10.2. The van der Waals surface area contributed by atoms with E-state index in [4.69, 9.17) is 0 Å². The summed E-state index contributed by atoms with van der Waals surface area (Å²) in [6.07, 6.45) is 8.85. The number of halogens is 8. The maximum Gasteiger partial charge on any atom is 0.323 e. The highest BCUT2D eigenvalue weighted by atomic mass is 19.3. The van der Waals surface area contributed by atoms with Gasteiger partial charge in [0.05, 0.1) is 42.6 Å². The first-order valence-electron chi connectivity index (χ1n) is 28.9. The minimum atomic E-state index is -4.14. The van der Waals surface area contributed by atoms with Gasteiger partial charge >= 0.3 is 11.8 Å². The summed E-state index contributed by atoms with van der Waals surface area (Å²) in [4.78, 5) is 38.6. The monoisotopic (exact) mass is 1300 g/mol. The molecule has 2 aliphatic heterocycles. The summed E-state index contributed by atoms with van der Waals surface area (Å²) in [5.41, 5.74) is -1.59. The van der Waals surface area contributed by atoms with Crippen LogP contribution in [0.3, 0.4) is 0 Å². The molecule has 2 aliphatic rings. The fraction of sp³-hybridized carbons (Fsp3) is 0.288. The second kappa shape index (κ2) is 28.8. The van der Waals surface area contributed by atoms with Gasteiger partial charge in [-0.25, -0.2) is 26.9 Å². The molecule has 0 saturated carbocycles. The van der Waals surface area contributed by atoms with Gasteiger partial charge in [-0.3, -0.25) is 24.7 Å². The minimum Gasteiger partial charge on any atom is -0.377 e. The van der Waals surface area contributed by atoms with E-state index in [1.165, 1.54) is 24.5 Å². The number of carbonyl (C=O) groups is 1. The Labute approximate surface area is 536 Å². The number of anilines is 4. The molecule has 2 saturated heterocycles. The van der Waals surface area contributed by atoms with Crippen molar-refractivity contribution in [2.24, 2.45) is 0 Å². The zero-order valence-corrected chi connectivity index (χ0v) is 49.5. The molecule has 0 amide bonds. The second-order valence-corrected chi connectivity index (χ2v) is 22.3. The maximum atomic E-state index is 16.1. The number of aliphatic hydroxyl groups is 2. The van der Waals surface area contributed by atoms with Crippen LogP contribution < -0.4 is 19.6 Å². The van der Waals surface area contributed by atoms with Crippen molar-refractivity contribution in [3.63, 3.8) is 0 Å². The highest BCUT2D eigenvalue weighted by Gasteiger charge is 2.59. The van der Waals surface area contributed by atoms with E-state index in [-0.39, 0.29) is 14.9 Å². The summed E-state index contributed by atoms with van der Waals surface area (Å²) < 4.78 is 123. The Morgan fingerprint density at radius 2 is 0.851 bits per heavy atom. The minimum absolute atomic E-state index is 0. The summed E-state index contributed by atoms with van der Waals surface area (Å²) in [5.74, 6) is -12.9. The number of carbonyl (C=O) groups excluding carboxylic acids is 1. The lowest BCUT2D eigenvalue weighted by molar-refractivity contribution is -0.207. The molecular weight excluding hydrogens is 1230 g/mol. The number of hydrogen-bond donors (Lipinski definition) is 2. The van der Waals surface area contributed by atoms with E-state index in [1.54, 1.807) is 12.3 Å². The first-order valence-corrected chi connectivity index (χ1v) is 28.9. The predicted molar refractivity (Wildman–Crippen MR) is 337 cm³/mol. The number of hydrogen-bond acceptors (Lipinski definition) is 18. The lowest BCUT2D eigenvalue weighted by Gasteiger charge is -2.37. The van der Waals surface area contributed by atoms with Gasteiger partial charge in [0, 0.05) is 117 Å². The summed E-state index contributed by atoms with van der Waals surface area (Å²) >= 11 is 0. The average Bonchev–Trinajstić information content (AvgIpc) is 0.878. The topological polar surface area (TPSA) is 212 Å². The van der Waals surface area contributed by atoms with Gasteiger partial charge in [-0.05, 0) is 131 Å². The van der Waals surface area contributed by atoms with E-state index in [2.05, 4.69) is 87.6 Å². The fourth-order valence-corrected chi connectivity index (χ4v) is 11.1. The van der Waals surface area contributed by atoms with Crippen LogP contribution in [0.5, 0.6) is 0 Å². The molecule has 8 heterocycles. The van der Waals surface area contributed by atoms with Crippen molar-refractivity contribution >= 4 is 29.0 Å². The summed E-state index contributed by atoms with van der Waals surface area (Å²) in [6.45, 7) is 5.35. The van der Waals surface area contributed by atoms with Gasteiger partial charge in [0.15, 0.2) is 17.5 Å². The predicted octanol–water partition coefficient (Wildman–Crippen LogP) is 9.98. The van der Waals surface area contributed by atoms with Crippen LogP contribution in [0.25, 0.3) is 22.3 Å². The van der Waals surface area contributed by atoms with Gasteiger partial charge in [0.2, 0.25) is 0 Å². The number of aldehydes is 1. The van der Waals surface area contributed by atoms with Crippen molar-refractivity contribution in [3.8, 4) is 22.3 Å². The summed E-state index contributed by atoms with van der Waals surface area (Å²) in [6, 6.07) is 32.1. The third-order valence-electron chi connectivity index (χ3n) is 16.1. The number of tetrazole rings is 2. The Morgan fingerprint density at radius 3 is 1.17 bits per heavy atom. The first kappa shape index (κ1) is 68.2. The van der Waals surface area contributed by atoms with Crippen molar-refractivity contribution in [2.75, 3.05) is 86.1 Å². The van der Waals surface area contributed by atoms with Gasteiger partial charge < -0.3 is 34.7 Å². The van der Waals surface area contributed by atoms with Crippen LogP contribution in [0, 0.1) is 23.3 Å². The molecule has 4 aromatic carbocycles. The van der Waals surface area contributed by atoms with Gasteiger partial charge in [-0.15, -0.1) is 10.2 Å². The first-order chi connectivity index (χ1) is 44.2. The Balaban J connectivity index is 0.000000217. The molecule has 0 radical (unpaired) electrons. The Kier molecular flexibility index (Phi) is 20.9. The lowest BCUT2D eigenvalue weighted by Crippen LogP contribution is -2.48. The van der Waals surface area contributed by atoms with Crippen molar-refractivity contribution in [3.05, 3.63) is 228 Å². The number of pyridine rings is 4. The van der Waals surface area contributed by atoms with E-state index in [0.717, 1.165) is 157 Å². The lowest BCUT2D eigenvalue weighted by atomic mass is 9.84. The standard InChI is InChI=1S/C33H33F4N9O.C31H26F4N8O2.2CH4/c1-43(2)20-26-7-10-28(19-38-26)45-15-13-44(14-16-45)27-8-3-23(4-9-27)24-5-12-31(39-18-24)33(36,37)32(47,21-46-22-40-41-42-46)29-11-6-25(34)17-30(29)35;32-23-4-9-27(28(33)15-23)30(45,19-43-20-38-39-40-43)31(34,35)29-10-3-22(16-37-29)21-1-6-25(7-2-21)41-11-13-42(14-12-41)26-8-5-24(18-44)36-17-26;;/h3-12,17-19,22,47H,13-16,20-21H2,1-2H3;1-10,15-18,20,45H,11-14,19H2;2*1H4/t32-;30-;;/m00../s1. The van der Waals surface area contributed by atoms with Crippen LogP contribution in [0.1, 0.15) is 53.6 Å². The largest absolute Gasteiger partial charge is 0.377 e. The van der Waals surface area contributed by atoms with Crippen LogP contribution in [0.4, 0.5) is 57.9 Å². The molecule has 12 rings (SSSR count). The van der Waals surface area contributed by atoms with Crippen LogP contribution in [0.2, 0.25) is 0 Å². The molecule has 20 nitrogen and oxygen atoms in total. The third kappa shape index (κ3) is 14.5. The smallest absolute Gasteiger partial charge is 0.323 e. The van der Waals surface area contributed by atoms with Crippen LogP contribution in [-0.4, -0.2) is 148 Å². The summed E-state index contributed by atoms with van der Waals surface area (Å²) in [7, 11) is 4.03. The van der Waals surface area contributed by atoms with E-state index in [0.29, 0.717) is 35.2 Å². The molecule has 2 fully saturated rings. The highest BCUT2D eigenvalue weighted by Crippen LogP contribution is 2.49. The normalized spacial score (nSPS) is 14.9. The van der Waals surface area contributed by atoms with Gasteiger partial charge in [-0.2, -0.15) is 17.6 Å². The van der Waals surface area contributed by atoms with Crippen molar-refractivity contribution < 1.29 is 50.1 Å². The highest BCUT2D eigenvalue weighted by molar-refractivity contribution is 5.72. The van der Waals surface area contributed by atoms with E-state index >= 15 is 17.6 Å². The zero-order chi connectivity index (χ0) is 64.8. The number of nitrogens with zero attached hydrogens (tertiary/aromatic N) is 17. The molecule has 0 bridgehead atoms. The van der Waals surface area contributed by atoms with Crippen molar-refractivity contribution in [2.45, 2.75) is 57.5 Å². The number of aromatic nitrogens is 12. The van der Waals surface area contributed by atoms with Gasteiger partial charge in [-0.1, -0.05) is 51.3 Å². The molecule has 28 heteroatoms. The van der Waals surface area contributed by atoms with Crippen LogP contribution in [-0.2, 0) is 42.7 Å². The summed E-state index contributed by atoms with van der Waals surface area (Å²) in [5, 5.41) is 43.4. The van der Waals surface area contributed by atoms with E-state index in [9.17, 15) is 32.6 Å². The average molecular weight is 1300 g/mol. The molecule has 6 aromatic heterocycles. The van der Waals surface area contributed by atoms with Crippen molar-refractivity contribution in [1.82, 2.24) is 65.3 Å². The number of alkyl halides is 4. The van der Waals surface area contributed by atoms with E-state index in [1.807, 2.05) is 74.9 Å². The van der Waals surface area contributed by atoms with Crippen LogP contribution >= 0.6 is 0 Å². The number of benzene rings is 4. The van der Waals surface area contributed by atoms with Gasteiger partial charge in [0.1, 0.15) is 53.0 Å². The fourth-order valence-electron chi connectivity index (χ4n) is 11.1. The zero-order valence-electron chi connectivity index (χ0n) is 49.5. The maximum absolute atomic E-state index is 16.1. The van der Waals surface area contributed by atoms with Crippen molar-refractivity contribution in [1.29, 1.82) is 0 Å². The molecule has 2 atom stereocenters. The Morgan fingerprint density at radius 1 is 0.468 bits per heavy atom. The molecule has 0 spiro atoms. The number of piperazine rings is 2. The van der Waals surface area contributed by atoms with Gasteiger partial charge in [0.25, 0.3) is 0 Å².